The van der Waals surface area contributed by atoms with Crippen LogP contribution in [0, 0.1) is 11.6 Å². The molecule has 1 aliphatic rings. The lowest BCUT2D eigenvalue weighted by Crippen LogP contribution is -2.33. The Morgan fingerprint density at radius 2 is 1.92 bits per heavy atom. The molecular weight excluding hydrogens is 338 g/mol. The first-order valence-corrected chi connectivity index (χ1v) is 8.32. The van der Waals surface area contributed by atoms with E-state index in [-0.39, 0.29) is 18.5 Å². The lowest BCUT2D eigenvalue weighted by molar-refractivity contribution is 0.0728. The van der Waals surface area contributed by atoms with E-state index in [1.165, 1.54) is 18.5 Å². The first-order valence-electron chi connectivity index (χ1n) is 8.32. The Labute approximate surface area is 148 Å². The van der Waals surface area contributed by atoms with Gasteiger partial charge < -0.3 is 4.90 Å². The molecule has 0 aliphatic heterocycles. The molecule has 1 amide bonds. The second-order valence-electron chi connectivity index (χ2n) is 6.29. The summed E-state index contributed by atoms with van der Waals surface area (Å²) in [5, 5.41) is 4.04. The number of hydrogen-bond acceptors (Lipinski definition) is 3. The van der Waals surface area contributed by atoms with Gasteiger partial charge in [-0.15, -0.1) is 0 Å². The van der Waals surface area contributed by atoms with Gasteiger partial charge in [-0.05, 0) is 43.2 Å². The SMILES string of the molecule is O=C(c1ccc(-n2cncn2)cc1)N(Cc1ccc(F)cc1F)C1CC1. The highest BCUT2D eigenvalue weighted by Crippen LogP contribution is 2.30. The second kappa shape index (κ2) is 6.67. The molecule has 0 N–H and O–H groups in total. The molecule has 1 fully saturated rings. The van der Waals surface area contributed by atoms with Crippen LogP contribution in [-0.2, 0) is 6.54 Å². The van der Waals surface area contributed by atoms with E-state index in [1.54, 1.807) is 40.2 Å². The Balaban J connectivity index is 1.56. The van der Waals surface area contributed by atoms with Crippen molar-refractivity contribution >= 4 is 5.91 Å². The van der Waals surface area contributed by atoms with Crippen molar-refractivity contribution in [2.24, 2.45) is 0 Å². The summed E-state index contributed by atoms with van der Waals surface area (Å²) >= 11 is 0. The normalized spacial score (nSPS) is 13.6. The molecule has 1 aliphatic carbocycles. The lowest BCUT2D eigenvalue weighted by atomic mass is 10.1. The van der Waals surface area contributed by atoms with Crippen molar-refractivity contribution in [2.75, 3.05) is 0 Å². The fraction of sp³-hybridized carbons (Fsp3) is 0.211. The van der Waals surface area contributed by atoms with Crippen LogP contribution in [-0.4, -0.2) is 31.6 Å². The Morgan fingerprint density at radius 3 is 2.54 bits per heavy atom. The summed E-state index contributed by atoms with van der Waals surface area (Å²) in [6, 6.07) is 10.5. The molecule has 1 aromatic heterocycles. The van der Waals surface area contributed by atoms with Gasteiger partial charge in [0.15, 0.2) is 0 Å². The number of aromatic nitrogens is 3. The number of amides is 1. The van der Waals surface area contributed by atoms with Gasteiger partial charge in [0.2, 0.25) is 0 Å². The highest BCUT2D eigenvalue weighted by atomic mass is 19.1. The molecule has 1 heterocycles. The summed E-state index contributed by atoms with van der Waals surface area (Å²) in [4.78, 5) is 18.4. The van der Waals surface area contributed by atoms with Crippen LogP contribution in [0.15, 0.2) is 55.1 Å². The molecule has 7 heteroatoms. The third kappa shape index (κ3) is 3.33. The Hall–Kier alpha value is -3.09. The molecule has 0 saturated heterocycles. The first kappa shape index (κ1) is 16.4. The monoisotopic (exact) mass is 354 g/mol. The average molecular weight is 354 g/mol. The fourth-order valence-electron chi connectivity index (χ4n) is 2.85. The number of rotatable bonds is 5. The molecule has 0 radical (unpaired) electrons. The molecule has 4 rings (SSSR count). The van der Waals surface area contributed by atoms with Gasteiger partial charge in [-0.1, -0.05) is 6.07 Å². The van der Waals surface area contributed by atoms with Gasteiger partial charge in [0.25, 0.3) is 5.91 Å². The molecule has 26 heavy (non-hydrogen) atoms. The topological polar surface area (TPSA) is 51.0 Å². The van der Waals surface area contributed by atoms with Crippen molar-refractivity contribution in [1.82, 2.24) is 19.7 Å². The van der Waals surface area contributed by atoms with Crippen LogP contribution in [0.1, 0.15) is 28.8 Å². The summed E-state index contributed by atoms with van der Waals surface area (Å²) in [5.41, 5.74) is 1.62. The van der Waals surface area contributed by atoms with E-state index in [0.717, 1.165) is 24.6 Å². The standard InChI is InChI=1S/C19H16F2N4O/c20-15-4-1-14(18(21)9-15)10-24(16-7-8-16)19(26)13-2-5-17(6-3-13)25-12-22-11-23-25/h1-6,9,11-12,16H,7-8,10H2. The van der Waals surface area contributed by atoms with E-state index in [1.807, 2.05) is 0 Å². The Bertz CT molecular complexity index is 921. The zero-order chi connectivity index (χ0) is 18.1. The highest BCUT2D eigenvalue weighted by molar-refractivity contribution is 5.94. The van der Waals surface area contributed by atoms with Crippen molar-refractivity contribution in [2.45, 2.75) is 25.4 Å². The number of hydrogen-bond donors (Lipinski definition) is 0. The highest BCUT2D eigenvalue weighted by Gasteiger charge is 2.33. The quantitative estimate of drug-likeness (QED) is 0.706. The van der Waals surface area contributed by atoms with Crippen molar-refractivity contribution < 1.29 is 13.6 Å². The van der Waals surface area contributed by atoms with Gasteiger partial charge in [0.1, 0.15) is 24.3 Å². The molecule has 1 saturated carbocycles. The van der Waals surface area contributed by atoms with E-state index in [9.17, 15) is 13.6 Å². The molecule has 132 valence electrons. The lowest BCUT2D eigenvalue weighted by Gasteiger charge is -2.23. The molecule has 3 aromatic rings. The predicted molar refractivity (Wildman–Crippen MR) is 90.6 cm³/mol. The third-order valence-electron chi connectivity index (χ3n) is 4.40. The summed E-state index contributed by atoms with van der Waals surface area (Å²) < 4.78 is 28.7. The van der Waals surface area contributed by atoms with Gasteiger partial charge in [-0.25, -0.2) is 18.4 Å². The maximum atomic E-state index is 14.0. The van der Waals surface area contributed by atoms with E-state index in [0.29, 0.717) is 11.1 Å². The van der Waals surface area contributed by atoms with Crippen molar-refractivity contribution in [3.63, 3.8) is 0 Å². The van der Waals surface area contributed by atoms with Crippen molar-refractivity contribution in [1.29, 1.82) is 0 Å². The van der Waals surface area contributed by atoms with E-state index < -0.39 is 11.6 Å². The molecule has 0 atom stereocenters. The zero-order valence-electron chi connectivity index (χ0n) is 13.8. The smallest absolute Gasteiger partial charge is 0.254 e. The fourth-order valence-corrected chi connectivity index (χ4v) is 2.85. The number of halogens is 2. The van der Waals surface area contributed by atoms with Crippen LogP contribution in [0.25, 0.3) is 5.69 Å². The van der Waals surface area contributed by atoms with Crippen LogP contribution >= 0.6 is 0 Å². The molecular formula is C19H16F2N4O. The molecule has 2 aromatic carbocycles. The van der Waals surface area contributed by atoms with Gasteiger partial charge in [0.05, 0.1) is 5.69 Å². The Morgan fingerprint density at radius 1 is 1.15 bits per heavy atom. The third-order valence-corrected chi connectivity index (χ3v) is 4.40. The Kier molecular flexibility index (Phi) is 4.20. The number of carbonyl (C=O) groups excluding carboxylic acids is 1. The van der Waals surface area contributed by atoms with Gasteiger partial charge >= 0.3 is 0 Å². The molecule has 0 spiro atoms. The molecule has 0 bridgehead atoms. The maximum absolute atomic E-state index is 14.0. The van der Waals surface area contributed by atoms with E-state index in [4.69, 9.17) is 0 Å². The van der Waals surface area contributed by atoms with Crippen LogP contribution in [0.4, 0.5) is 8.78 Å². The molecule has 0 unspecified atom stereocenters. The van der Waals surface area contributed by atoms with E-state index in [2.05, 4.69) is 10.1 Å². The van der Waals surface area contributed by atoms with Crippen molar-refractivity contribution in [3.8, 4) is 5.69 Å². The minimum atomic E-state index is -0.634. The van der Waals surface area contributed by atoms with Crippen LogP contribution < -0.4 is 0 Å². The average Bonchev–Trinajstić information content (AvgIpc) is 3.33. The van der Waals surface area contributed by atoms with Crippen molar-refractivity contribution in [3.05, 3.63) is 77.9 Å². The van der Waals surface area contributed by atoms with E-state index >= 15 is 0 Å². The second-order valence-corrected chi connectivity index (χ2v) is 6.29. The van der Waals surface area contributed by atoms with Crippen LogP contribution in [0.3, 0.4) is 0 Å². The summed E-state index contributed by atoms with van der Waals surface area (Å²) in [6.45, 7) is 0.125. The summed E-state index contributed by atoms with van der Waals surface area (Å²) in [7, 11) is 0. The van der Waals surface area contributed by atoms with Gasteiger partial charge in [-0.2, -0.15) is 5.10 Å². The zero-order valence-corrected chi connectivity index (χ0v) is 13.8. The molecule has 5 nitrogen and oxygen atoms in total. The van der Waals surface area contributed by atoms with Gasteiger partial charge in [0, 0.05) is 29.8 Å². The first-order chi connectivity index (χ1) is 12.6. The number of carbonyl (C=O) groups is 1. The minimum absolute atomic E-state index is 0.0990. The number of nitrogens with zero attached hydrogens (tertiary/aromatic N) is 4. The largest absolute Gasteiger partial charge is 0.331 e. The number of benzene rings is 2. The summed E-state index contributed by atoms with van der Waals surface area (Å²) in [6.07, 6.45) is 4.80. The minimum Gasteiger partial charge on any atom is -0.331 e. The van der Waals surface area contributed by atoms with Crippen LogP contribution in [0.5, 0.6) is 0 Å². The predicted octanol–water partition coefficient (Wildman–Crippen LogP) is 3.35. The van der Waals surface area contributed by atoms with Crippen LogP contribution in [0.2, 0.25) is 0 Å². The maximum Gasteiger partial charge on any atom is 0.254 e. The van der Waals surface area contributed by atoms with Gasteiger partial charge in [-0.3, -0.25) is 4.79 Å². The summed E-state index contributed by atoms with van der Waals surface area (Å²) in [5.74, 6) is -1.43.